The molecule has 0 bridgehead atoms. The van der Waals surface area contributed by atoms with E-state index in [1.54, 1.807) is 43.5 Å². The highest BCUT2D eigenvalue weighted by atomic mass is 16.6. The Morgan fingerprint density at radius 1 is 0.864 bits per heavy atom. The SMILES string of the molecule is COc1ccc(C(=O)c2ccc3c(c2)OCCO3)cc1OC. The van der Waals surface area contributed by atoms with Gasteiger partial charge in [-0.2, -0.15) is 0 Å². The van der Waals surface area contributed by atoms with Gasteiger partial charge in [0.1, 0.15) is 13.2 Å². The quantitative estimate of drug-likeness (QED) is 0.813. The first-order valence-corrected chi connectivity index (χ1v) is 6.89. The molecule has 0 aromatic heterocycles. The van der Waals surface area contributed by atoms with E-state index in [1.807, 2.05) is 0 Å². The van der Waals surface area contributed by atoms with Gasteiger partial charge in [-0.05, 0) is 36.4 Å². The van der Waals surface area contributed by atoms with Crippen molar-refractivity contribution < 1.29 is 23.7 Å². The molecule has 1 aliphatic heterocycles. The highest BCUT2D eigenvalue weighted by Gasteiger charge is 2.17. The number of hydrogen-bond donors (Lipinski definition) is 0. The maximum atomic E-state index is 12.6. The lowest BCUT2D eigenvalue weighted by Crippen LogP contribution is -2.15. The summed E-state index contributed by atoms with van der Waals surface area (Å²) in [4.78, 5) is 12.6. The molecule has 0 fully saturated rings. The standard InChI is InChI=1S/C17H16O5/c1-19-13-5-3-11(9-15(13)20-2)17(18)12-4-6-14-16(10-12)22-8-7-21-14/h3-6,9-10H,7-8H2,1-2H3. The van der Waals surface area contributed by atoms with E-state index in [9.17, 15) is 4.79 Å². The maximum absolute atomic E-state index is 12.6. The summed E-state index contributed by atoms with van der Waals surface area (Å²) in [7, 11) is 3.09. The van der Waals surface area contributed by atoms with Gasteiger partial charge in [-0.25, -0.2) is 0 Å². The molecule has 0 atom stereocenters. The molecule has 5 nitrogen and oxygen atoms in total. The van der Waals surface area contributed by atoms with Gasteiger partial charge >= 0.3 is 0 Å². The summed E-state index contributed by atoms with van der Waals surface area (Å²) in [5.41, 5.74) is 1.06. The molecule has 114 valence electrons. The molecule has 2 aromatic carbocycles. The Kier molecular flexibility index (Phi) is 3.87. The van der Waals surface area contributed by atoms with Crippen molar-refractivity contribution in [3.8, 4) is 23.0 Å². The number of carbonyl (C=O) groups is 1. The van der Waals surface area contributed by atoms with Gasteiger partial charge in [0.05, 0.1) is 14.2 Å². The van der Waals surface area contributed by atoms with E-state index in [1.165, 1.54) is 7.11 Å². The van der Waals surface area contributed by atoms with Crippen LogP contribution in [0.3, 0.4) is 0 Å². The molecule has 0 aliphatic carbocycles. The zero-order chi connectivity index (χ0) is 15.5. The van der Waals surface area contributed by atoms with Crippen LogP contribution < -0.4 is 18.9 Å². The van der Waals surface area contributed by atoms with Crippen LogP contribution in [0, 0.1) is 0 Å². The molecule has 0 spiro atoms. The lowest BCUT2D eigenvalue weighted by Gasteiger charge is -2.18. The highest BCUT2D eigenvalue weighted by molar-refractivity contribution is 6.09. The van der Waals surface area contributed by atoms with Crippen molar-refractivity contribution in [1.29, 1.82) is 0 Å². The van der Waals surface area contributed by atoms with Crippen LogP contribution in [0.25, 0.3) is 0 Å². The van der Waals surface area contributed by atoms with Gasteiger partial charge in [0.2, 0.25) is 0 Å². The van der Waals surface area contributed by atoms with E-state index < -0.39 is 0 Å². The van der Waals surface area contributed by atoms with E-state index in [-0.39, 0.29) is 5.78 Å². The van der Waals surface area contributed by atoms with Gasteiger partial charge in [0.15, 0.2) is 28.8 Å². The summed E-state index contributed by atoms with van der Waals surface area (Å²) in [5.74, 6) is 2.25. The molecule has 0 amide bonds. The van der Waals surface area contributed by atoms with Gasteiger partial charge < -0.3 is 18.9 Å². The number of ether oxygens (including phenoxy) is 4. The summed E-state index contributed by atoms with van der Waals surface area (Å²) in [6.07, 6.45) is 0. The second kappa shape index (κ2) is 5.97. The van der Waals surface area contributed by atoms with Crippen molar-refractivity contribution in [1.82, 2.24) is 0 Å². The number of benzene rings is 2. The van der Waals surface area contributed by atoms with Crippen LogP contribution in [0.4, 0.5) is 0 Å². The second-order valence-electron chi connectivity index (χ2n) is 4.76. The Labute approximate surface area is 128 Å². The Bertz CT molecular complexity index is 667. The molecule has 2 aromatic rings. The zero-order valence-electron chi connectivity index (χ0n) is 12.4. The van der Waals surface area contributed by atoms with Crippen molar-refractivity contribution in [3.05, 3.63) is 47.5 Å². The normalized spacial score (nSPS) is 12.6. The number of ketones is 1. The van der Waals surface area contributed by atoms with Crippen LogP contribution in [0.15, 0.2) is 36.4 Å². The third-order valence-electron chi connectivity index (χ3n) is 3.45. The predicted octanol–water partition coefficient (Wildman–Crippen LogP) is 2.71. The van der Waals surface area contributed by atoms with E-state index in [4.69, 9.17) is 18.9 Å². The van der Waals surface area contributed by atoms with Crippen molar-refractivity contribution in [2.45, 2.75) is 0 Å². The average Bonchev–Trinajstić information content (AvgIpc) is 2.60. The molecular formula is C17H16O5. The van der Waals surface area contributed by atoms with Crippen LogP contribution in [0.2, 0.25) is 0 Å². The monoisotopic (exact) mass is 300 g/mol. The van der Waals surface area contributed by atoms with Crippen molar-refractivity contribution in [2.24, 2.45) is 0 Å². The molecule has 0 radical (unpaired) electrons. The van der Waals surface area contributed by atoms with Gasteiger partial charge in [0, 0.05) is 11.1 Å². The first-order valence-electron chi connectivity index (χ1n) is 6.89. The zero-order valence-corrected chi connectivity index (χ0v) is 12.4. The number of carbonyl (C=O) groups excluding carboxylic acids is 1. The fourth-order valence-electron chi connectivity index (χ4n) is 2.33. The summed E-state index contributed by atoms with van der Waals surface area (Å²) in [6, 6.07) is 10.3. The molecule has 3 rings (SSSR count). The Morgan fingerprint density at radius 3 is 2.23 bits per heavy atom. The summed E-state index contributed by atoms with van der Waals surface area (Å²) in [5, 5.41) is 0. The second-order valence-corrected chi connectivity index (χ2v) is 4.76. The molecule has 0 saturated carbocycles. The van der Waals surface area contributed by atoms with Crippen molar-refractivity contribution >= 4 is 5.78 Å². The first-order chi connectivity index (χ1) is 10.7. The van der Waals surface area contributed by atoms with Gasteiger partial charge in [-0.15, -0.1) is 0 Å². The molecule has 0 saturated heterocycles. The van der Waals surface area contributed by atoms with E-state index in [0.717, 1.165) is 0 Å². The van der Waals surface area contributed by atoms with E-state index in [0.29, 0.717) is 47.3 Å². The molecule has 1 heterocycles. The van der Waals surface area contributed by atoms with Crippen LogP contribution in [0.1, 0.15) is 15.9 Å². The molecule has 22 heavy (non-hydrogen) atoms. The number of fused-ring (bicyclic) bond motifs is 1. The minimum atomic E-state index is -0.113. The molecular weight excluding hydrogens is 284 g/mol. The Morgan fingerprint density at radius 2 is 1.50 bits per heavy atom. The fourth-order valence-corrected chi connectivity index (χ4v) is 2.33. The van der Waals surface area contributed by atoms with Crippen LogP contribution in [0.5, 0.6) is 23.0 Å². The summed E-state index contributed by atoms with van der Waals surface area (Å²) < 4.78 is 21.4. The maximum Gasteiger partial charge on any atom is 0.193 e. The van der Waals surface area contributed by atoms with Crippen molar-refractivity contribution in [3.63, 3.8) is 0 Å². The predicted molar refractivity (Wildman–Crippen MR) is 80.4 cm³/mol. The van der Waals surface area contributed by atoms with Gasteiger partial charge in [-0.3, -0.25) is 4.79 Å². The lowest BCUT2D eigenvalue weighted by atomic mass is 10.0. The number of hydrogen-bond acceptors (Lipinski definition) is 5. The van der Waals surface area contributed by atoms with Crippen molar-refractivity contribution in [2.75, 3.05) is 27.4 Å². The van der Waals surface area contributed by atoms with E-state index in [2.05, 4.69) is 0 Å². The summed E-state index contributed by atoms with van der Waals surface area (Å²) in [6.45, 7) is 1.01. The lowest BCUT2D eigenvalue weighted by molar-refractivity contribution is 0.103. The van der Waals surface area contributed by atoms with Crippen LogP contribution in [-0.4, -0.2) is 33.2 Å². The third kappa shape index (κ3) is 2.57. The molecule has 1 aliphatic rings. The third-order valence-corrected chi connectivity index (χ3v) is 3.45. The van der Waals surface area contributed by atoms with E-state index >= 15 is 0 Å². The van der Waals surface area contributed by atoms with Crippen LogP contribution in [-0.2, 0) is 0 Å². The minimum absolute atomic E-state index is 0.113. The fraction of sp³-hybridized carbons (Fsp3) is 0.235. The highest BCUT2D eigenvalue weighted by Crippen LogP contribution is 2.33. The van der Waals surface area contributed by atoms with Crippen LogP contribution >= 0.6 is 0 Å². The smallest absolute Gasteiger partial charge is 0.193 e. The number of rotatable bonds is 4. The Hall–Kier alpha value is -2.69. The first kappa shape index (κ1) is 14.3. The topological polar surface area (TPSA) is 54.0 Å². The average molecular weight is 300 g/mol. The van der Waals surface area contributed by atoms with Gasteiger partial charge in [-0.1, -0.05) is 0 Å². The molecule has 5 heteroatoms. The summed E-state index contributed by atoms with van der Waals surface area (Å²) >= 11 is 0. The largest absolute Gasteiger partial charge is 0.493 e. The Balaban J connectivity index is 1.93. The number of methoxy groups -OCH3 is 2. The molecule has 0 unspecified atom stereocenters. The molecule has 0 N–H and O–H groups in total. The minimum Gasteiger partial charge on any atom is -0.493 e. The van der Waals surface area contributed by atoms with Gasteiger partial charge in [0.25, 0.3) is 0 Å².